The summed E-state index contributed by atoms with van der Waals surface area (Å²) in [7, 11) is -9.60. The Morgan fingerprint density at radius 2 is 1.04 bits per heavy atom. The van der Waals surface area contributed by atoms with Crippen LogP contribution in [0.5, 0.6) is 0 Å². The van der Waals surface area contributed by atoms with Crippen molar-refractivity contribution in [3.63, 3.8) is 0 Å². The molecule has 12 nitrogen and oxygen atoms in total. The third kappa shape index (κ3) is 5.44. The molecule has 50 heavy (non-hydrogen) atoms. The van der Waals surface area contributed by atoms with Crippen LogP contribution in [0, 0.1) is 11.0 Å². The number of nitrogens with zero attached hydrogens (tertiary/aromatic N) is 2. The van der Waals surface area contributed by atoms with Crippen molar-refractivity contribution in [3.8, 4) is 11.1 Å². The second-order valence-corrected chi connectivity index (χ2v) is 15.5. The summed E-state index contributed by atoms with van der Waals surface area (Å²) in [6.07, 6.45) is 3.31. The summed E-state index contributed by atoms with van der Waals surface area (Å²) in [5.41, 5.74) is 22.6. The molecule has 14 heteroatoms. The Kier molecular flexibility index (Phi) is 8.17. The van der Waals surface area contributed by atoms with Gasteiger partial charge >= 0.3 is 0 Å². The van der Waals surface area contributed by atoms with Gasteiger partial charge in [0.15, 0.2) is 0 Å². The summed E-state index contributed by atoms with van der Waals surface area (Å²) >= 11 is 0. The third-order valence-corrected chi connectivity index (χ3v) is 12.2. The lowest BCUT2D eigenvalue weighted by atomic mass is 9.72. The quantitative estimate of drug-likeness (QED) is 0.0866. The van der Waals surface area contributed by atoms with Crippen LogP contribution in [-0.2, 0) is 44.2 Å². The monoisotopic (exact) mass is 712 g/mol. The van der Waals surface area contributed by atoms with E-state index in [0.717, 1.165) is 11.1 Å². The molecule has 4 aromatic rings. The maximum absolute atomic E-state index is 12.9. The summed E-state index contributed by atoms with van der Waals surface area (Å²) in [6.45, 7) is 3.80. The van der Waals surface area contributed by atoms with Crippen LogP contribution >= 0.6 is 0 Å². The molecule has 0 bridgehead atoms. The summed E-state index contributed by atoms with van der Waals surface area (Å²) in [4.78, 5) is 0. The van der Waals surface area contributed by atoms with E-state index in [1.165, 1.54) is 12.2 Å². The number of hydrogen-bond donors (Lipinski definition) is 6. The van der Waals surface area contributed by atoms with Crippen molar-refractivity contribution < 1.29 is 28.8 Å². The number of fused-ring (bicyclic) bond motifs is 2. The second-order valence-electron chi connectivity index (χ2n) is 12.5. The Hall–Kier alpha value is -4.70. The molecule has 2 aliphatic rings. The largest absolute Gasteiger partial charge is 0.316 e. The minimum absolute atomic E-state index is 0.0955. The molecule has 0 spiro atoms. The van der Waals surface area contributed by atoms with Crippen molar-refractivity contribution in [1.82, 2.24) is 0 Å². The smallest absolute Gasteiger partial charge is 0.274 e. The molecule has 258 valence electrons. The number of benzene rings is 4. The van der Waals surface area contributed by atoms with Gasteiger partial charge in [0.05, 0.1) is 22.5 Å². The molecule has 0 aromatic heterocycles. The van der Waals surface area contributed by atoms with E-state index >= 15 is 0 Å². The van der Waals surface area contributed by atoms with E-state index in [0.29, 0.717) is 57.3 Å². The van der Waals surface area contributed by atoms with Gasteiger partial charge in [-0.05, 0) is 69.5 Å². The van der Waals surface area contributed by atoms with Gasteiger partial charge in [-0.25, -0.2) is 11.0 Å². The Labute approximate surface area is 293 Å². The molecule has 4 unspecified atom stereocenters. The first-order valence-electron chi connectivity index (χ1n) is 16.6. The van der Waals surface area contributed by atoms with Crippen molar-refractivity contribution >= 4 is 31.6 Å². The number of nitrogens with two attached hydrogens (primary N) is 2. The SMILES string of the molecule is [H]/N=N/C1=CC(S(=O)(=O)O)C(N)(c2ccc(-c3ccc(C4(N)c5ccccc5C(/N=N/[H])=CC4S(=O)(=O)O)c(CC)c3)cc2CC)c2ccccc21. The van der Waals surface area contributed by atoms with E-state index in [-0.39, 0.29) is 11.4 Å². The van der Waals surface area contributed by atoms with E-state index in [1.54, 1.807) is 72.8 Å². The highest BCUT2D eigenvalue weighted by atomic mass is 32.2. The minimum Gasteiger partial charge on any atom is -0.316 e. The first kappa shape index (κ1) is 32.5. The fourth-order valence-corrected chi connectivity index (χ4v) is 9.57. The highest BCUT2D eigenvalue weighted by Crippen LogP contribution is 2.47. The van der Waals surface area contributed by atoms with E-state index in [9.17, 15) is 25.9 Å². The molecule has 0 fully saturated rings. The van der Waals surface area contributed by atoms with E-state index in [1.807, 2.05) is 26.0 Å². The van der Waals surface area contributed by atoms with Crippen LogP contribution in [0.15, 0.2) is 107 Å². The molecule has 2 aliphatic carbocycles. The Morgan fingerprint density at radius 1 is 0.660 bits per heavy atom. The molecule has 0 amide bonds. The topological polar surface area (TPSA) is 233 Å². The molecule has 0 heterocycles. The van der Waals surface area contributed by atoms with E-state index < -0.39 is 41.8 Å². The van der Waals surface area contributed by atoms with Gasteiger partial charge in [0.2, 0.25) is 2.82 Å². The van der Waals surface area contributed by atoms with Gasteiger partial charge < -0.3 is 11.5 Å². The number of aryl methyl sites for hydroxylation is 2. The van der Waals surface area contributed by atoms with Crippen LogP contribution in [0.2, 0.25) is 2.82 Å². The first-order chi connectivity index (χ1) is 24.6. The lowest BCUT2D eigenvalue weighted by Gasteiger charge is -2.41. The van der Waals surface area contributed by atoms with Crippen molar-refractivity contribution in [2.24, 2.45) is 21.7 Å². The maximum atomic E-state index is 12.9. The first-order valence-corrected chi connectivity index (χ1v) is 18.8. The van der Waals surface area contributed by atoms with Gasteiger partial charge in [-0.2, -0.15) is 27.1 Å². The summed E-state index contributed by atoms with van der Waals surface area (Å²) < 4.78 is 87.1. The van der Waals surface area contributed by atoms with Gasteiger partial charge in [0, 0.05) is 11.1 Å². The van der Waals surface area contributed by atoms with Crippen LogP contribution in [0.25, 0.3) is 22.5 Å². The van der Waals surface area contributed by atoms with Crippen molar-refractivity contribution in [2.45, 2.75) is 48.3 Å². The molecule has 0 aliphatic heterocycles. The second kappa shape index (κ2) is 12.6. The van der Waals surface area contributed by atoms with E-state index in [2.05, 4.69) is 21.3 Å². The van der Waals surface area contributed by atoms with Crippen LogP contribution < -0.4 is 11.5 Å². The fraction of sp³-hybridized carbons (Fsp3) is 0.222. The number of hydrogen-bond acceptors (Lipinski definition) is 10. The summed E-state index contributed by atoms with van der Waals surface area (Å²) in [5.74, 6) is 0. The minimum atomic E-state index is -4.80. The standard InChI is InChI=1S/C36H36N6O6S2/c1-3-21-17-23(13-15-27(21)35(37)29-11-7-5-9-25(29)31(41-39)19-33(35)49(43,44)45)24-14-16-28(22(4-2)18-24)36(38)30-12-8-6-10-26(30)32(42-40)20-34(36)50(46,47)48/h5-20,33-34,39-40H,3-4,37-38H2,1-2H3,(H,43,44,45)(H,46,47,48)/b41-39+,42-40+. The van der Waals surface area contributed by atoms with Gasteiger partial charge in [0.1, 0.15) is 10.5 Å². The van der Waals surface area contributed by atoms with Crippen LogP contribution in [0.4, 0.5) is 0 Å². The molecule has 0 saturated carbocycles. The normalized spacial score (nSPS) is 24.3. The van der Waals surface area contributed by atoms with Crippen LogP contribution in [-0.4, -0.2) is 36.4 Å². The third-order valence-electron chi connectivity index (χ3n) is 9.87. The molecular weight excluding hydrogens is 677 g/mol. The zero-order valence-corrected chi connectivity index (χ0v) is 28.7. The highest BCUT2D eigenvalue weighted by Gasteiger charge is 2.51. The zero-order chi connectivity index (χ0) is 37.6. The van der Waals surface area contributed by atoms with Gasteiger partial charge in [-0.15, -0.1) is 0 Å². The summed E-state index contributed by atoms with van der Waals surface area (Å²) in [6, 6.07) is 24.4. The number of rotatable bonds is 9. The van der Waals surface area contributed by atoms with Crippen LogP contribution in [0.1, 0.15) is 58.4 Å². The predicted molar refractivity (Wildman–Crippen MR) is 190 cm³/mol. The predicted octanol–water partition coefficient (Wildman–Crippen LogP) is 6.17. The lowest BCUT2D eigenvalue weighted by molar-refractivity contribution is 0.434. The molecule has 8 N–H and O–H groups in total. The van der Waals surface area contributed by atoms with Crippen LogP contribution in [0.3, 0.4) is 0 Å². The Bertz CT molecular complexity index is 2270. The van der Waals surface area contributed by atoms with Gasteiger partial charge in [0.25, 0.3) is 20.2 Å². The molecular formula is C36H36N6O6S2. The van der Waals surface area contributed by atoms with E-state index in [4.69, 9.17) is 14.3 Å². The fourth-order valence-electron chi connectivity index (χ4n) is 7.52. The number of nitrogens with one attached hydrogen (secondary N) is 2. The average molecular weight is 713 g/mol. The molecule has 4 atom stereocenters. The molecule has 0 saturated heterocycles. The highest BCUT2D eigenvalue weighted by molar-refractivity contribution is 7.87. The van der Waals surface area contributed by atoms with Gasteiger partial charge in [-0.1, -0.05) is 98.8 Å². The average Bonchev–Trinajstić information content (AvgIpc) is 3.12. The lowest BCUT2D eigenvalue weighted by Crippen LogP contribution is -2.54. The molecule has 0 radical (unpaired) electrons. The summed E-state index contributed by atoms with van der Waals surface area (Å²) in [5, 5.41) is 4.29. The van der Waals surface area contributed by atoms with Crippen molar-refractivity contribution in [1.29, 1.82) is 11.0 Å². The van der Waals surface area contributed by atoms with Crippen molar-refractivity contribution in [3.05, 3.63) is 142 Å². The van der Waals surface area contributed by atoms with Gasteiger partial charge in [-0.3, -0.25) is 9.11 Å². The molecule has 6 rings (SSSR count). The maximum Gasteiger partial charge on any atom is 0.274 e. The van der Waals surface area contributed by atoms with Crippen molar-refractivity contribution in [2.75, 3.05) is 0 Å². The Morgan fingerprint density at radius 3 is 1.38 bits per heavy atom. The Balaban J connectivity index is 1.51. The zero-order valence-electron chi connectivity index (χ0n) is 29.1. The molecule has 4 aromatic carbocycles.